The molecule has 0 radical (unpaired) electrons. The summed E-state index contributed by atoms with van der Waals surface area (Å²) in [6.07, 6.45) is 5.27. The molecule has 1 rings (SSSR count). The highest BCUT2D eigenvalue weighted by molar-refractivity contribution is 5.89. The Bertz CT molecular complexity index is 228. The molecular formula is C9H17N3O2. The van der Waals surface area contributed by atoms with Gasteiger partial charge in [0.1, 0.15) is 0 Å². The Kier molecular flexibility index (Phi) is 4.39. The van der Waals surface area contributed by atoms with Crippen molar-refractivity contribution in [1.29, 1.82) is 0 Å². The van der Waals surface area contributed by atoms with Crippen molar-refractivity contribution in [3.05, 3.63) is 0 Å². The van der Waals surface area contributed by atoms with E-state index in [4.69, 9.17) is 5.73 Å². The van der Waals surface area contributed by atoms with Gasteiger partial charge in [-0.3, -0.25) is 0 Å². The zero-order chi connectivity index (χ0) is 10.4. The Hall–Kier alpha value is -1.10. The highest BCUT2D eigenvalue weighted by Gasteiger charge is 2.15. The van der Waals surface area contributed by atoms with Gasteiger partial charge in [-0.25, -0.2) is 10.2 Å². The van der Waals surface area contributed by atoms with Gasteiger partial charge in [-0.2, -0.15) is 5.10 Å². The first-order valence-electron chi connectivity index (χ1n) is 5.00. The van der Waals surface area contributed by atoms with Crippen molar-refractivity contribution in [1.82, 2.24) is 5.43 Å². The van der Waals surface area contributed by atoms with Gasteiger partial charge < -0.3 is 10.8 Å². The molecule has 0 spiro atoms. The third kappa shape index (κ3) is 3.74. The molecule has 0 heterocycles. The third-order valence-electron chi connectivity index (χ3n) is 2.35. The molecule has 4 N–H and O–H groups in total. The maximum Gasteiger partial charge on any atom is 0.332 e. The minimum atomic E-state index is -0.688. The number of rotatable bonds is 1. The lowest BCUT2D eigenvalue weighted by Gasteiger charge is -2.16. The van der Waals surface area contributed by atoms with Crippen molar-refractivity contribution in [2.24, 2.45) is 10.8 Å². The molecule has 0 bridgehead atoms. The van der Waals surface area contributed by atoms with E-state index in [0.29, 0.717) is 5.71 Å². The molecule has 14 heavy (non-hydrogen) atoms. The average Bonchev–Trinajstić information content (AvgIpc) is 2.10. The Morgan fingerprint density at radius 1 is 1.43 bits per heavy atom. The van der Waals surface area contributed by atoms with Gasteiger partial charge in [-0.1, -0.05) is 19.3 Å². The molecule has 1 aliphatic carbocycles. The number of aliphatic hydroxyl groups is 1. The van der Waals surface area contributed by atoms with E-state index in [1.807, 2.05) is 0 Å². The molecular weight excluding hydrogens is 182 g/mol. The number of carbonyl (C=O) groups excluding carboxylic acids is 1. The SMILES string of the molecule is NC(=O)N/N=C1/CCCCCCC1O. The minimum absolute atomic E-state index is 0.526. The van der Waals surface area contributed by atoms with Gasteiger partial charge in [0.15, 0.2) is 0 Å². The van der Waals surface area contributed by atoms with E-state index in [0.717, 1.165) is 38.5 Å². The zero-order valence-corrected chi connectivity index (χ0v) is 8.20. The number of carbonyl (C=O) groups is 1. The second kappa shape index (κ2) is 5.59. The summed E-state index contributed by atoms with van der Waals surface area (Å²) in [7, 11) is 0. The summed E-state index contributed by atoms with van der Waals surface area (Å²) in [6.45, 7) is 0. The molecule has 1 saturated carbocycles. The smallest absolute Gasteiger partial charge is 0.332 e. The van der Waals surface area contributed by atoms with Crippen LogP contribution in [0.4, 0.5) is 4.79 Å². The monoisotopic (exact) mass is 199 g/mol. The Morgan fingerprint density at radius 3 is 2.86 bits per heavy atom. The van der Waals surface area contributed by atoms with Crippen molar-refractivity contribution < 1.29 is 9.90 Å². The first-order valence-corrected chi connectivity index (χ1v) is 5.00. The normalized spacial score (nSPS) is 26.6. The van der Waals surface area contributed by atoms with Crippen molar-refractivity contribution in [2.45, 2.75) is 44.6 Å². The first-order chi connectivity index (χ1) is 6.70. The summed E-state index contributed by atoms with van der Waals surface area (Å²) in [4.78, 5) is 10.4. The molecule has 1 fully saturated rings. The number of nitrogens with two attached hydrogens (primary N) is 1. The fourth-order valence-electron chi connectivity index (χ4n) is 1.59. The molecule has 1 unspecified atom stereocenters. The Morgan fingerprint density at radius 2 is 2.14 bits per heavy atom. The number of aliphatic hydroxyl groups excluding tert-OH is 1. The number of nitrogens with one attached hydrogen (secondary N) is 1. The number of urea groups is 1. The molecule has 0 aliphatic heterocycles. The van der Waals surface area contributed by atoms with Crippen LogP contribution >= 0.6 is 0 Å². The number of amides is 2. The van der Waals surface area contributed by atoms with Crippen LogP contribution in [0.3, 0.4) is 0 Å². The molecule has 2 amide bonds. The summed E-state index contributed by atoms with van der Waals surface area (Å²) < 4.78 is 0. The number of hydrogen-bond acceptors (Lipinski definition) is 3. The second-order valence-corrected chi connectivity index (χ2v) is 3.55. The van der Waals surface area contributed by atoms with Gasteiger partial charge in [0, 0.05) is 0 Å². The molecule has 80 valence electrons. The molecule has 1 atom stereocenters. The van der Waals surface area contributed by atoms with Crippen LogP contribution in [0, 0.1) is 0 Å². The summed E-state index contributed by atoms with van der Waals surface area (Å²) in [5.74, 6) is 0. The molecule has 0 saturated heterocycles. The van der Waals surface area contributed by atoms with Crippen LogP contribution < -0.4 is 11.2 Å². The van der Waals surface area contributed by atoms with Gasteiger partial charge in [0.25, 0.3) is 0 Å². The quantitative estimate of drug-likeness (QED) is 0.543. The molecule has 0 aromatic rings. The lowest BCUT2D eigenvalue weighted by molar-refractivity contribution is 0.218. The van der Waals surface area contributed by atoms with E-state index in [1.54, 1.807) is 0 Å². The number of primary amides is 1. The molecule has 5 heteroatoms. The first kappa shape index (κ1) is 11.0. The number of nitrogens with zero attached hydrogens (tertiary/aromatic N) is 1. The Labute approximate surface area is 83.4 Å². The van der Waals surface area contributed by atoms with Crippen molar-refractivity contribution in [2.75, 3.05) is 0 Å². The third-order valence-corrected chi connectivity index (χ3v) is 2.35. The van der Waals surface area contributed by atoms with E-state index in [1.165, 1.54) is 0 Å². The standard InChI is InChI=1S/C9H17N3O2/c10-9(14)12-11-7-5-3-1-2-4-6-8(7)13/h8,13H,1-6H2,(H3,10,12,14)/b11-7-. The van der Waals surface area contributed by atoms with Crippen molar-refractivity contribution >= 4 is 11.7 Å². The minimum Gasteiger partial charge on any atom is -0.387 e. The lowest BCUT2D eigenvalue weighted by atomic mass is 9.97. The Balaban J connectivity index is 2.52. The predicted molar refractivity (Wildman–Crippen MR) is 53.9 cm³/mol. The second-order valence-electron chi connectivity index (χ2n) is 3.55. The van der Waals surface area contributed by atoms with Crippen molar-refractivity contribution in [3.63, 3.8) is 0 Å². The fraction of sp³-hybridized carbons (Fsp3) is 0.778. The topological polar surface area (TPSA) is 87.7 Å². The zero-order valence-electron chi connectivity index (χ0n) is 8.20. The summed E-state index contributed by atoms with van der Waals surface area (Å²) in [5, 5.41) is 13.5. The predicted octanol–water partition coefficient (Wildman–Crippen LogP) is 0.726. The van der Waals surface area contributed by atoms with E-state index < -0.39 is 12.1 Å². The highest BCUT2D eigenvalue weighted by Crippen LogP contribution is 2.15. The molecule has 1 aliphatic rings. The van der Waals surface area contributed by atoms with Crippen LogP contribution in [0.5, 0.6) is 0 Å². The summed E-state index contributed by atoms with van der Waals surface area (Å²) in [5.41, 5.74) is 7.69. The van der Waals surface area contributed by atoms with E-state index in [-0.39, 0.29) is 0 Å². The average molecular weight is 199 g/mol. The number of hydrogen-bond donors (Lipinski definition) is 3. The van der Waals surface area contributed by atoms with Gasteiger partial charge >= 0.3 is 6.03 Å². The van der Waals surface area contributed by atoms with Crippen LogP contribution in [0.1, 0.15) is 38.5 Å². The maximum absolute atomic E-state index is 10.4. The van der Waals surface area contributed by atoms with E-state index in [2.05, 4.69) is 10.5 Å². The summed E-state index contributed by atoms with van der Waals surface area (Å²) >= 11 is 0. The van der Waals surface area contributed by atoms with Crippen LogP contribution in [0.15, 0.2) is 5.10 Å². The van der Waals surface area contributed by atoms with E-state index in [9.17, 15) is 9.90 Å². The largest absolute Gasteiger partial charge is 0.387 e. The van der Waals surface area contributed by atoms with Crippen LogP contribution in [0.2, 0.25) is 0 Å². The van der Waals surface area contributed by atoms with Crippen LogP contribution in [-0.2, 0) is 0 Å². The van der Waals surface area contributed by atoms with Crippen molar-refractivity contribution in [3.8, 4) is 0 Å². The van der Waals surface area contributed by atoms with Crippen LogP contribution in [0.25, 0.3) is 0 Å². The maximum atomic E-state index is 10.4. The molecule has 0 aromatic heterocycles. The highest BCUT2D eigenvalue weighted by atomic mass is 16.3. The van der Waals surface area contributed by atoms with Gasteiger partial charge in [-0.15, -0.1) is 0 Å². The van der Waals surface area contributed by atoms with Crippen LogP contribution in [-0.4, -0.2) is 23.0 Å². The molecule has 0 aromatic carbocycles. The van der Waals surface area contributed by atoms with Gasteiger partial charge in [-0.05, 0) is 19.3 Å². The summed E-state index contributed by atoms with van der Waals surface area (Å²) in [6, 6.07) is -0.688. The lowest BCUT2D eigenvalue weighted by Crippen LogP contribution is -2.30. The van der Waals surface area contributed by atoms with E-state index >= 15 is 0 Å². The number of hydrazone groups is 1. The van der Waals surface area contributed by atoms with Gasteiger partial charge in [0.05, 0.1) is 11.8 Å². The fourth-order valence-corrected chi connectivity index (χ4v) is 1.59. The molecule has 5 nitrogen and oxygen atoms in total. The van der Waals surface area contributed by atoms with Gasteiger partial charge in [0.2, 0.25) is 0 Å².